The van der Waals surface area contributed by atoms with Crippen LogP contribution in [0.5, 0.6) is 0 Å². The number of hydrogen-bond acceptors (Lipinski definition) is 6. The minimum Gasteiger partial charge on any atom is -0.272 e. The van der Waals surface area contributed by atoms with Gasteiger partial charge >= 0.3 is 0 Å². The van der Waals surface area contributed by atoms with Gasteiger partial charge in [-0.3, -0.25) is 29.3 Å². The number of carbonyl (C=O) groups excluding carboxylic acids is 1. The van der Waals surface area contributed by atoms with Crippen LogP contribution in [-0.2, 0) is 23.1 Å². The quantitative estimate of drug-likeness (QED) is 0.592. The number of carbonyl (C=O) groups is 1. The summed E-state index contributed by atoms with van der Waals surface area (Å²) in [5.41, 5.74) is 5.23. The first-order chi connectivity index (χ1) is 16.1. The number of aromatic nitrogens is 5. The summed E-state index contributed by atoms with van der Waals surface area (Å²) in [6, 6.07) is 4.18. The Balaban J connectivity index is 1.19. The van der Waals surface area contributed by atoms with E-state index in [0.717, 1.165) is 61.2 Å². The van der Waals surface area contributed by atoms with Crippen molar-refractivity contribution in [3.05, 3.63) is 60.1 Å². The molecule has 172 valence electrons. The average Bonchev–Trinajstić information content (AvgIpc) is 3.46. The van der Waals surface area contributed by atoms with Crippen molar-refractivity contribution in [1.82, 2.24) is 29.8 Å². The predicted octanol–water partition coefficient (Wildman–Crippen LogP) is 3.83. The van der Waals surface area contributed by atoms with Crippen LogP contribution in [0.3, 0.4) is 0 Å². The Hall–Kier alpha value is -3.13. The van der Waals surface area contributed by atoms with E-state index < -0.39 is 0 Å². The van der Waals surface area contributed by atoms with Gasteiger partial charge in [-0.1, -0.05) is 0 Å². The first-order valence-corrected chi connectivity index (χ1v) is 11.8. The molecule has 3 aromatic heterocycles. The van der Waals surface area contributed by atoms with E-state index in [-0.39, 0.29) is 17.9 Å². The van der Waals surface area contributed by atoms with E-state index in [1.807, 2.05) is 31.0 Å². The molecule has 0 aromatic carbocycles. The standard InChI is InChI=1S/C25H30N6O2/c1-17-11-24(30(2)29-17)21-13-19(14-27-15-21)12-18-3-5-20(6-4-18)25(32)31-23(7-10-33-31)22-16-26-8-9-28-22/h8-9,11,13-16,18,20,23H,3-7,10,12H2,1-2H3/t18-,20-,23-/m0/s1. The lowest BCUT2D eigenvalue weighted by atomic mass is 9.79. The summed E-state index contributed by atoms with van der Waals surface area (Å²) < 4.78 is 1.90. The number of pyridine rings is 1. The number of hydrogen-bond donors (Lipinski definition) is 0. The van der Waals surface area contributed by atoms with Crippen molar-refractivity contribution >= 4 is 5.91 Å². The molecule has 1 aliphatic heterocycles. The highest BCUT2D eigenvalue weighted by Gasteiger charge is 2.37. The second kappa shape index (κ2) is 9.39. The third-order valence-corrected chi connectivity index (χ3v) is 6.86. The molecular weight excluding hydrogens is 416 g/mol. The van der Waals surface area contributed by atoms with Crippen LogP contribution in [0.15, 0.2) is 43.1 Å². The summed E-state index contributed by atoms with van der Waals surface area (Å²) in [6.45, 7) is 2.55. The Labute approximate surface area is 194 Å². The van der Waals surface area contributed by atoms with Crippen LogP contribution >= 0.6 is 0 Å². The number of amides is 1. The molecule has 33 heavy (non-hydrogen) atoms. The van der Waals surface area contributed by atoms with E-state index in [4.69, 9.17) is 4.84 Å². The van der Waals surface area contributed by atoms with Gasteiger partial charge in [0.1, 0.15) is 6.04 Å². The molecule has 0 radical (unpaired) electrons. The topological polar surface area (TPSA) is 86.0 Å². The third-order valence-electron chi connectivity index (χ3n) is 6.86. The monoisotopic (exact) mass is 446 g/mol. The van der Waals surface area contributed by atoms with Gasteiger partial charge in [0, 0.05) is 49.7 Å². The molecule has 0 spiro atoms. The van der Waals surface area contributed by atoms with Gasteiger partial charge in [0.2, 0.25) is 5.91 Å². The second-order valence-corrected chi connectivity index (χ2v) is 9.23. The average molecular weight is 447 g/mol. The molecule has 4 heterocycles. The molecule has 1 saturated heterocycles. The zero-order chi connectivity index (χ0) is 22.8. The number of hydroxylamine groups is 2. The first kappa shape index (κ1) is 21.7. The maximum atomic E-state index is 13.2. The normalized spacial score (nSPS) is 23.1. The molecule has 8 heteroatoms. The maximum absolute atomic E-state index is 13.2. The van der Waals surface area contributed by atoms with Crippen molar-refractivity contribution < 1.29 is 9.63 Å². The smallest absolute Gasteiger partial charge is 0.249 e. The molecule has 1 amide bonds. The summed E-state index contributed by atoms with van der Waals surface area (Å²) in [7, 11) is 1.96. The third kappa shape index (κ3) is 4.66. The molecule has 0 N–H and O–H groups in total. The van der Waals surface area contributed by atoms with E-state index in [1.165, 1.54) is 5.56 Å². The van der Waals surface area contributed by atoms with Crippen LogP contribution in [0.25, 0.3) is 11.3 Å². The zero-order valence-electron chi connectivity index (χ0n) is 19.2. The SMILES string of the molecule is Cc1cc(-c2cncc(C[C@H]3CC[C@H](C(=O)N4OCC[C@H]4c4cnccn4)CC3)c2)n(C)n1. The number of nitrogens with zero attached hydrogens (tertiary/aromatic N) is 6. The van der Waals surface area contributed by atoms with Crippen molar-refractivity contribution in [2.45, 2.75) is 51.5 Å². The number of aryl methyl sites for hydroxylation is 2. The fraction of sp³-hybridized carbons (Fsp3) is 0.480. The Bertz CT molecular complexity index is 1110. The van der Waals surface area contributed by atoms with E-state index in [1.54, 1.807) is 23.7 Å². The summed E-state index contributed by atoms with van der Waals surface area (Å²) in [5.74, 6) is 0.673. The molecule has 5 rings (SSSR count). The number of rotatable bonds is 5. The van der Waals surface area contributed by atoms with Gasteiger partial charge in [-0.2, -0.15) is 5.10 Å². The molecule has 8 nitrogen and oxygen atoms in total. The highest BCUT2D eigenvalue weighted by atomic mass is 16.7. The Morgan fingerprint density at radius 1 is 1.06 bits per heavy atom. The summed E-state index contributed by atoms with van der Waals surface area (Å²) in [6.07, 6.45) is 14.5. The van der Waals surface area contributed by atoms with Crippen LogP contribution in [0.2, 0.25) is 0 Å². The molecule has 2 aliphatic rings. The Morgan fingerprint density at radius 2 is 1.91 bits per heavy atom. The molecule has 0 unspecified atom stereocenters. The van der Waals surface area contributed by atoms with Crippen molar-refractivity contribution in [3.8, 4) is 11.3 Å². The van der Waals surface area contributed by atoms with E-state index in [2.05, 4.69) is 32.2 Å². The molecule has 1 atom stereocenters. The van der Waals surface area contributed by atoms with Crippen LogP contribution in [0.1, 0.15) is 55.1 Å². The zero-order valence-corrected chi connectivity index (χ0v) is 19.2. The molecule has 2 fully saturated rings. The van der Waals surface area contributed by atoms with Crippen molar-refractivity contribution in [1.29, 1.82) is 0 Å². The minimum absolute atomic E-state index is 0.0143. The maximum Gasteiger partial charge on any atom is 0.249 e. The first-order valence-electron chi connectivity index (χ1n) is 11.8. The summed E-state index contributed by atoms with van der Waals surface area (Å²) in [4.78, 5) is 32.0. The van der Waals surface area contributed by atoms with Crippen molar-refractivity contribution in [2.75, 3.05) is 6.61 Å². The lowest BCUT2D eigenvalue weighted by Gasteiger charge is -2.31. The molecule has 3 aromatic rings. The molecule has 1 aliphatic carbocycles. The van der Waals surface area contributed by atoms with E-state index >= 15 is 0 Å². The fourth-order valence-electron chi connectivity index (χ4n) is 5.18. The largest absolute Gasteiger partial charge is 0.272 e. The van der Waals surface area contributed by atoms with Gasteiger partial charge in [0.25, 0.3) is 0 Å². The van der Waals surface area contributed by atoms with Crippen LogP contribution in [-0.4, -0.2) is 42.3 Å². The summed E-state index contributed by atoms with van der Waals surface area (Å²) in [5, 5.41) is 6.02. The van der Waals surface area contributed by atoms with Crippen molar-refractivity contribution in [2.24, 2.45) is 18.9 Å². The lowest BCUT2D eigenvalue weighted by Crippen LogP contribution is -2.37. The lowest BCUT2D eigenvalue weighted by molar-refractivity contribution is -0.183. The molecule has 1 saturated carbocycles. The Kier molecular flexibility index (Phi) is 6.17. The Morgan fingerprint density at radius 3 is 2.64 bits per heavy atom. The van der Waals surface area contributed by atoms with Crippen molar-refractivity contribution in [3.63, 3.8) is 0 Å². The van der Waals surface area contributed by atoms with Crippen LogP contribution in [0.4, 0.5) is 0 Å². The second-order valence-electron chi connectivity index (χ2n) is 9.23. The van der Waals surface area contributed by atoms with E-state index in [9.17, 15) is 4.79 Å². The molecular formula is C25H30N6O2. The van der Waals surface area contributed by atoms with Gasteiger partial charge in [-0.15, -0.1) is 0 Å². The van der Waals surface area contributed by atoms with Gasteiger partial charge in [0.15, 0.2) is 0 Å². The van der Waals surface area contributed by atoms with E-state index in [0.29, 0.717) is 12.5 Å². The highest BCUT2D eigenvalue weighted by molar-refractivity contribution is 5.78. The molecule has 0 bridgehead atoms. The van der Waals surface area contributed by atoms with Gasteiger partial charge in [-0.25, -0.2) is 5.06 Å². The minimum atomic E-state index is -0.131. The van der Waals surface area contributed by atoms with Gasteiger partial charge in [-0.05, 0) is 62.6 Å². The van der Waals surface area contributed by atoms with Gasteiger partial charge < -0.3 is 0 Å². The van der Waals surface area contributed by atoms with Gasteiger partial charge in [0.05, 0.1) is 29.9 Å². The summed E-state index contributed by atoms with van der Waals surface area (Å²) >= 11 is 0. The highest BCUT2D eigenvalue weighted by Crippen LogP contribution is 2.36. The fourth-order valence-corrected chi connectivity index (χ4v) is 5.18. The predicted molar refractivity (Wildman–Crippen MR) is 123 cm³/mol. The van der Waals surface area contributed by atoms with Crippen LogP contribution in [0, 0.1) is 18.8 Å². The van der Waals surface area contributed by atoms with Crippen LogP contribution < -0.4 is 0 Å².